The fraction of sp³-hybridized carbons (Fsp3) is 0.286. The highest BCUT2D eigenvalue weighted by Crippen LogP contribution is 2.29. The summed E-state index contributed by atoms with van der Waals surface area (Å²) in [5, 5.41) is 4.52. The highest BCUT2D eigenvalue weighted by molar-refractivity contribution is 7.92. The van der Waals surface area contributed by atoms with Crippen molar-refractivity contribution in [3.8, 4) is 11.3 Å². The molecule has 0 bridgehead atoms. The van der Waals surface area contributed by atoms with E-state index in [0.29, 0.717) is 17.3 Å². The molecule has 1 N–H and O–H groups in total. The maximum atomic E-state index is 13.1. The highest BCUT2D eigenvalue weighted by atomic mass is 32.2. The van der Waals surface area contributed by atoms with Crippen molar-refractivity contribution in [1.82, 2.24) is 9.78 Å². The zero-order valence-electron chi connectivity index (χ0n) is 16.0. The van der Waals surface area contributed by atoms with Crippen LogP contribution in [-0.2, 0) is 10.0 Å². The number of hydrogen-bond donors (Lipinski definition) is 1. The van der Waals surface area contributed by atoms with Crippen molar-refractivity contribution in [3.05, 3.63) is 66.4 Å². The molecule has 3 aromatic rings. The molecule has 0 unspecified atom stereocenters. The summed E-state index contributed by atoms with van der Waals surface area (Å²) < 4.78 is 30.5. The van der Waals surface area contributed by atoms with E-state index in [1.54, 1.807) is 23.0 Å². The Morgan fingerprint density at radius 2 is 1.56 bits per heavy atom. The molecule has 0 aliphatic rings. The third-order valence-corrected chi connectivity index (χ3v) is 5.78. The molecule has 5 nitrogen and oxygen atoms in total. The van der Waals surface area contributed by atoms with Crippen LogP contribution in [0.5, 0.6) is 0 Å². The number of aromatic nitrogens is 2. The van der Waals surface area contributed by atoms with E-state index in [0.717, 1.165) is 11.1 Å². The number of hydrogen-bond acceptors (Lipinski definition) is 3. The van der Waals surface area contributed by atoms with Crippen molar-refractivity contribution >= 4 is 15.7 Å². The standard InChI is InChI=1S/C21H25N3O2S/c1-15(2)17-10-12-19(13-11-17)23-27(25,26)20-14-24(16(3)4)22-21(20)18-8-6-5-7-9-18/h5-16,23H,1-4H3. The van der Waals surface area contributed by atoms with Crippen LogP contribution in [0.3, 0.4) is 0 Å². The Hall–Kier alpha value is -2.60. The molecule has 2 aromatic carbocycles. The Morgan fingerprint density at radius 3 is 2.11 bits per heavy atom. The normalized spacial score (nSPS) is 11.9. The first kappa shape index (κ1) is 19.2. The summed E-state index contributed by atoms with van der Waals surface area (Å²) >= 11 is 0. The second-order valence-corrected chi connectivity index (χ2v) is 8.81. The summed E-state index contributed by atoms with van der Waals surface area (Å²) in [6.45, 7) is 8.14. The molecule has 0 radical (unpaired) electrons. The molecule has 0 aliphatic heterocycles. The highest BCUT2D eigenvalue weighted by Gasteiger charge is 2.24. The van der Waals surface area contributed by atoms with E-state index in [-0.39, 0.29) is 10.9 Å². The lowest BCUT2D eigenvalue weighted by atomic mass is 10.0. The zero-order valence-corrected chi connectivity index (χ0v) is 16.9. The van der Waals surface area contributed by atoms with Gasteiger partial charge < -0.3 is 0 Å². The number of nitrogens with one attached hydrogen (secondary N) is 1. The van der Waals surface area contributed by atoms with Gasteiger partial charge in [0.05, 0.1) is 0 Å². The molecule has 142 valence electrons. The maximum Gasteiger partial charge on any atom is 0.265 e. The van der Waals surface area contributed by atoms with Gasteiger partial charge in [0.1, 0.15) is 10.6 Å². The van der Waals surface area contributed by atoms with E-state index in [9.17, 15) is 8.42 Å². The third-order valence-electron chi connectivity index (χ3n) is 4.39. The number of nitrogens with zero attached hydrogens (tertiary/aromatic N) is 2. The van der Waals surface area contributed by atoms with Gasteiger partial charge in [0.2, 0.25) is 0 Å². The van der Waals surface area contributed by atoms with E-state index in [1.807, 2.05) is 56.3 Å². The lowest BCUT2D eigenvalue weighted by Gasteiger charge is -2.10. The van der Waals surface area contributed by atoms with Crippen LogP contribution in [-0.4, -0.2) is 18.2 Å². The van der Waals surface area contributed by atoms with Crippen molar-refractivity contribution in [3.63, 3.8) is 0 Å². The first-order valence-corrected chi connectivity index (χ1v) is 10.5. The molecule has 6 heteroatoms. The van der Waals surface area contributed by atoms with Gasteiger partial charge in [-0.25, -0.2) is 8.42 Å². The van der Waals surface area contributed by atoms with Crippen LogP contribution < -0.4 is 4.72 Å². The Bertz CT molecular complexity index is 1010. The summed E-state index contributed by atoms with van der Waals surface area (Å²) in [5.74, 6) is 0.393. The fourth-order valence-corrected chi connectivity index (χ4v) is 3.99. The van der Waals surface area contributed by atoms with E-state index in [1.165, 1.54) is 0 Å². The van der Waals surface area contributed by atoms with Crippen molar-refractivity contribution in [2.24, 2.45) is 0 Å². The molecule has 3 rings (SSSR count). The second-order valence-electron chi connectivity index (χ2n) is 7.16. The monoisotopic (exact) mass is 383 g/mol. The van der Waals surface area contributed by atoms with Crippen LogP contribution in [0.2, 0.25) is 0 Å². The lowest BCUT2D eigenvalue weighted by Crippen LogP contribution is -2.13. The average molecular weight is 384 g/mol. The van der Waals surface area contributed by atoms with Gasteiger partial charge in [-0.2, -0.15) is 5.10 Å². The van der Waals surface area contributed by atoms with Crippen molar-refractivity contribution < 1.29 is 8.42 Å². The van der Waals surface area contributed by atoms with Crippen LogP contribution in [0.25, 0.3) is 11.3 Å². The first-order chi connectivity index (χ1) is 12.8. The quantitative estimate of drug-likeness (QED) is 0.647. The Labute approximate surface area is 161 Å². The topological polar surface area (TPSA) is 64.0 Å². The Balaban J connectivity index is 2.00. The molecule has 0 atom stereocenters. The van der Waals surface area contributed by atoms with Gasteiger partial charge in [-0.15, -0.1) is 0 Å². The van der Waals surface area contributed by atoms with E-state index < -0.39 is 10.0 Å². The van der Waals surface area contributed by atoms with Gasteiger partial charge >= 0.3 is 0 Å². The number of rotatable bonds is 6. The van der Waals surface area contributed by atoms with Gasteiger partial charge in [0, 0.05) is 23.5 Å². The summed E-state index contributed by atoms with van der Waals surface area (Å²) in [6, 6.07) is 16.9. The van der Waals surface area contributed by atoms with E-state index >= 15 is 0 Å². The molecule has 0 aliphatic carbocycles. The van der Waals surface area contributed by atoms with E-state index in [2.05, 4.69) is 23.7 Å². The van der Waals surface area contributed by atoms with Gasteiger partial charge in [-0.1, -0.05) is 56.3 Å². The summed E-state index contributed by atoms with van der Waals surface area (Å²) in [7, 11) is -3.77. The molecule has 27 heavy (non-hydrogen) atoms. The van der Waals surface area contributed by atoms with Gasteiger partial charge in [-0.05, 0) is 37.5 Å². The minimum atomic E-state index is -3.77. The predicted molar refractivity (Wildman–Crippen MR) is 109 cm³/mol. The van der Waals surface area contributed by atoms with E-state index in [4.69, 9.17) is 0 Å². The zero-order chi connectivity index (χ0) is 19.6. The van der Waals surface area contributed by atoms with Gasteiger partial charge in [-0.3, -0.25) is 9.40 Å². The minimum absolute atomic E-state index is 0.0572. The SMILES string of the molecule is CC(C)c1ccc(NS(=O)(=O)c2cn(C(C)C)nc2-c2ccccc2)cc1. The van der Waals surface area contributed by atoms with Gasteiger partial charge in [0.15, 0.2) is 0 Å². The third kappa shape index (κ3) is 4.22. The van der Waals surface area contributed by atoms with Crippen LogP contribution in [0.1, 0.15) is 45.2 Å². The van der Waals surface area contributed by atoms with Crippen molar-refractivity contribution in [2.75, 3.05) is 4.72 Å². The predicted octanol–water partition coefficient (Wildman–Crippen LogP) is 5.06. The van der Waals surface area contributed by atoms with Gasteiger partial charge in [0.25, 0.3) is 10.0 Å². The molecule has 0 saturated carbocycles. The summed E-state index contributed by atoms with van der Waals surface area (Å²) in [6.07, 6.45) is 1.60. The number of anilines is 1. The van der Waals surface area contributed by atoms with Crippen LogP contribution in [0, 0.1) is 0 Å². The second kappa shape index (κ2) is 7.56. The molecule has 0 saturated heterocycles. The average Bonchev–Trinajstić information content (AvgIpc) is 3.09. The molecule has 0 amide bonds. The molecule has 1 heterocycles. The minimum Gasteiger partial charge on any atom is -0.280 e. The summed E-state index contributed by atoms with van der Waals surface area (Å²) in [5.41, 5.74) is 2.93. The maximum absolute atomic E-state index is 13.1. The molecule has 1 aromatic heterocycles. The summed E-state index contributed by atoms with van der Waals surface area (Å²) in [4.78, 5) is 0.176. The fourth-order valence-electron chi connectivity index (χ4n) is 2.78. The molecule has 0 spiro atoms. The van der Waals surface area contributed by atoms with Crippen molar-refractivity contribution in [2.45, 2.75) is 44.6 Å². The molecule has 0 fully saturated rings. The number of sulfonamides is 1. The lowest BCUT2D eigenvalue weighted by molar-refractivity contribution is 0.532. The van der Waals surface area contributed by atoms with Crippen LogP contribution >= 0.6 is 0 Å². The molecular formula is C21H25N3O2S. The smallest absolute Gasteiger partial charge is 0.265 e. The molecular weight excluding hydrogens is 358 g/mol. The Morgan fingerprint density at radius 1 is 0.926 bits per heavy atom. The Kier molecular flexibility index (Phi) is 5.37. The first-order valence-electron chi connectivity index (χ1n) is 9.05. The van der Waals surface area contributed by atoms with Crippen LogP contribution in [0.15, 0.2) is 65.7 Å². The van der Waals surface area contributed by atoms with Crippen LogP contribution in [0.4, 0.5) is 5.69 Å². The number of benzene rings is 2. The van der Waals surface area contributed by atoms with Crippen molar-refractivity contribution in [1.29, 1.82) is 0 Å². The largest absolute Gasteiger partial charge is 0.280 e.